The molecule has 8 nitrogen and oxygen atoms in total. The van der Waals surface area contributed by atoms with Crippen molar-refractivity contribution < 1.29 is 22.7 Å². The molecule has 2 aromatic rings. The zero-order valence-electron chi connectivity index (χ0n) is 20.8. The first kappa shape index (κ1) is 27.9. The fourth-order valence-corrected chi connectivity index (χ4v) is 7.40. The number of esters is 1. The number of methoxy groups -OCH3 is 1. The summed E-state index contributed by atoms with van der Waals surface area (Å²) in [7, 11) is -2.57. The van der Waals surface area contributed by atoms with Crippen molar-refractivity contribution in [2.24, 2.45) is 0 Å². The molecule has 2 aliphatic heterocycles. The molecule has 2 heterocycles. The van der Waals surface area contributed by atoms with Crippen molar-refractivity contribution >= 4 is 45.3 Å². The van der Waals surface area contributed by atoms with Crippen molar-refractivity contribution in [2.75, 3.05) is 51.3 Å². The van der Waals surface area contributed by atoms with Crippen molar-refractivity contribution in [3.05, 3.63) is 64.7 Å². The van der Waals surface area contributed by atoms with Crippen LogP contribution in [0, 0.1) is 0 Å². The summed E-state index contributed by atoms with van der Waals surface area (Å²) in [4.78, 5) is 29.1. The molecule has 0 aliphatic carbocycles. The van der Waals surface area contributed by atoms with Gasteiger partial charge < -0.3 is 9.64 Å². The largest absolute Gasteiger partial charge is 0.465 e. The number of benzene rings is 2. The minimum atomic E-state index is -3.89. The van der Waals surface area contributed by atoms with E-state index in [1.54, 1.807) is 41.3 Å². The van der Waals surface area contributed by atoms with Crippen LogP contribution in [0.1, 0.15) is 28.8 Å². The van der Waals surface area contributed by atoms with Crippen LogP contribution in [0.5, 0.6) is 0 Å². The molecular weight excluding hydrogens is 534 g/mol. The molecule has 0 bridgehead atoms. The Kier molecular flexibility index (Phi) is 9.52. The van der Waals surface area contributed by atoms with Gasteiger partial charge in [0.1, 0.15) is 0 Å². The van der Waals surface area contributed by atoms with E-state index in [9.17, 15) is 18.0 Å². The van der Waals surface area contributed by atoms with E-state index in [1.165, 1.54) is 23.5 Å². The zero-order valence-corrected chi connectivity index (χ0v) is 23.2. The van der Waals surface area contributed by atoms with E-state index in [2.05, 4.69) is 4.90 Å². The minimum absolute atomic E-state index is 0.0443. The normalized spacial score (nSPS) is 19.1. The molecule has 37 heavy (non-hydrogen) atoms. The smallest absolute Gasteiger partial charge is 0.337 e. The lowest BCUT2D eigenvalue weighted by Crippen LogP contribution is -2.53. The fraction of sp³-hybridized carbons (Fsp3) is 0.462. The van der Waals surface area contributed by atoms with Gasteiger partial charge in [0, 0.05) is 55.3 Å². The van der Waals surface area contributed by atoms with Crippen LogP contribution in [-0.2, 0) is 26.1 Å². The first-order valence-electron chi connectivity index (χ1n) is 12.3. The zero-order chi connectivity index (χ0) is 26.4. The number of carbonyl (C=O) groups is 2. The molecule has 4 rings (SSSR count). The predicted molar refractivity (Wildman–Crippen MR) is 145 cm³/mol. The lowest BCUT2D eigenvalue weighted by Gasteiger charge is -2.39. The lowest BCUT2D eigenvalue weighted by atomic mass is 10.0. The lowest BCUT2D eigenvalue weighted by molar-refractivity contribution is -0.134. The molecule has 11 heteroatoms. The third kappa shape index (κ3) is 7.06. The molecular formula is C26H32ClN3O5S2. The highest BCUT2D eigenvalue weighted by Gasteiger charge is 2.36. The van der Waals surface area contributed by atoms with Gasteiger partial charge in [0.15, 0.2) is 0 Å². The van der Waals surface area contributed by atoms with E-state index in [0.29, 0.717) is 36.6 Å². The second kappa shape index (κ2) is 12.6. The number of carbonyl (C=O) groups excluding carboxylic acids is 2. The SMILES string of the molecule is COC(=O)c1ccc(CN(C2CCCN(C(=O)CN3CCSCC3)C2)S(=O)(=O)c2ccc(Cl)cc2)cc1. The Morgan fingerprint density at radius 1 is 1.05 bits per heavy atom. The van der Waals surface area contributed by atoms with E-state index in [0.717, 1.165) is 36.6 Å². The molecule has 2 aromatic carbocycles. The van der Waals surface area contributed by atoms with Crippen LogP contribution in [0.15, 0.2) is 53.4 Å². The Hall–Kier alpha value is -2.11. The molecule has 0 spiro atoms. The minimum Gasteiger partial charge on any atom is -0.465 e. The number of sulfonamides is 1. The molecule has 200 valence electrons. The van der Waals surface area contributed by atoms with Crippen molar-refractivity contribution in [1.82, 2.24) is 14.1 Å². The highest BCUT2D eigenvalue weighted by Crippen LogP contribution is 2.27. The van der Waals surface area contributed by atoms with Crippen LogP contribution in [0.3, 0.4) is 0 Å². The third-order valence-electron chi connectivity index (χ3n) is 6.75. The number of amides is 1. The standard InChI is InChI=1S/C26H32ClN3O5S2/c1-35-26(32)21-6-4-20(5-7-21)17-30(37(33,34)24-10-8-22(27)9-11-24)23-3-2-12-29(18-23)25(31)19-28-13-15-36-16-14-28/h4-11,23H,2-3,12-19H2,1H3. The van der Waals surface area contributed by atoms with Gasteiger partial charge in [-0.1, -0.05) is 23.7 Å². The Bertz CT molecular complexity index is 1190. The molecule has 2 saturated heterocycles. The first-order valence-corrected chi connectivity index (χ1v) is 15.3. The van der Waals surface area contributed by atoms with Crippen LogP contribution >= 0.6 is 23.4 Å². The summed E-state index contributed by atoms with van der Waals surface area (Å²) >= 11 is 7.91. The molecule has 0 saturated carbocycles. The van der Waals surface area contributed by atoms with Gasteiger partial charge in [-0.2, -0.15) is 16.1 Å². The first-order chi connectivity index (χ1) is 17.8. The van der Waals surface area contributed by atoms with Crippen LogP contribution in [0.25, 0.3) is 0 Å². The number of likely N-dealkylation sites (tertiary alicyclic amines) is 1. The summed E-state index contributed by atoms with van der Waals surface area (Å²) in [5.74, 6) is 1.64. The van der Waals surface area contributed by atoms with Crippen molar-refractivity contribution in [2.45, 2.75) is 30.3 Å². The van der Waals surface area contributed by atoms with Crippen LogP contribution in [-0.4, -0.2) is 91.8 Å². The number of hydrogen-bond acceptors (Lipinski definition) is 7. The number of thioether (sulfide) groups is 1. The van der Waals surface area contributed by atoms with E-state index >= 15 is 0 Å². The number of rotatable bonds is 8. The van der Waals surface area contributed by atoms with Gasteiger partial charge in [0.25, 0.3) is 0 Å². The Morgan fingerprint density at radius 2 is 1.73 bits per heavy atom. The maximum Gasteiger partial charge on any atom is 0.337 e. The number of halogens is 1. The van der Waals surface area contributed by atoms with Gasteiger partial charge in [-0.3, -0.25) is 9.69 Å². The van der Waals surface area contributed by atoms with Crippen LogP contribution in [0.2, 0.25) is 5.02 Å². The van der Waals surface area contributed by atoms with E-state index in [-0.39, 0.29) is 23.4 Å². The summed E-state index contributed by atoms with van der Waals surface area (Å²) in [6.45, 7) is 3.24. The monoisotopic (exact) mass is 565 g/mol. The van der Waals surface area contributed by atoms with E-state index in [1.807, 2.05) is 11.8 Å². The van der Waals surface area contributed by atoms with Crippen LogP contribution in [0.4, 0.5) is 0 Å². The van der Waals surface area contributed by atoms with Crippen molar-refractivity contribution in [3.8, 4) is 0 Å². The van der Waals surface area contributed by atoms with Gasteiger partial charge in [0.05, 0.1) is 24.1 Å². The fourth-order valence-electron chi connectivity index (χ4n) is 4.66. The molecule has 0 aromatic heterocycles. The second-order valence-electron chi connectivity index (χ2n) is 9.22. The highest BCUT2D eigenvalue weighted by atomic mass is 35.5. The van der Waals surface area contributed by atoms with Crippen molar-refractivity contribution in [1.29, 1.82) is 0 Å². The Morgan fingerprint density at radius 3 is 2.38 bits per heavy atom. The average molecular weight is 566 g/mol. The van der Waals surface area contributed by atoms with Gasteiger partial charge in [-0.15, -0.1) is 0 Å². The topological polar surface area (TPSA) is 87.2 Å². The van der Waals surface area contributed by atoms with E-state index in [4.69, 9.17) is 16.3 Å². The number of hydrogen-bond donors (Lipinski definition) is 0. The number of nitrogens with zero attached hydrogens (tertiary/aromatic N) is 3. The summed E-state index contributed by atoms with van der Waals surface area (Å²) < 4.78 is 34.0. The van der Waals surface area contributed by atoms with E-state index < -0.39 is 16.0 Å². The third-order valence-corrected chi connectivity index (χ3v) is 9.86. The quantitative estimate of drug-likeness (QED) is 0.454. The van der Waals surface area contributed by atoms with Crippen molar-refractivity contribution in [3.63, 3.8) is 0 Å². The van der Waals surface area contributed by atoms with Gasteiger partial charge >= 0.3 is 5.97 Å². The highest BCUT2D eigenvalue weighted by molar-refractivity contribution is 7.99. The molecule has 2 aliphatic rings. The second-order valence-corrected chi connectivity index (χ2v) is 12.8. The van der Waals surface area contributed by atoms with Gasteiger partial charge in [0.2, 0.25) is 15.9 Å². The molecule has 1 atom stereocenters. The molecule has 0 radical (unpaired) electrons. The molecule has 1 unspecified atom stereocenters. The molecule has 1 amide bonds. The summed E-state index contributed by atoms with van der Waals surface area (Å²) in [5, 5.41) is 0.453. The number of piperidine rings is 1. The maximum atomic E-state index is 13.9. The summed E-state index contributed by atoms with van der Waals surface area (Å²) in [5.41, 5.74) is 1.13. The van der Waals surface area contributed by atoms with Crippen LogP contribution < -0.4 is 0 Å². The molecule has 2 fully saturated rings. The predicted octanol–water partition coefficient (Wildman–Crippen LogP) is 3.36. The number of ether oxygens (including phenoxy) is 1. The Labute approximate surface area is 227 Å². The maximum absolute atomic E-state index is 13.9. The summed E-state index contributed by atoms with van der Waals surface area (Å²) in [6, 6.07) is 12.5. The average Bonchev–Trinajstić information content (AvgIpc) is 2.92. The van der Waals surface area contributed by atoms with Gasteiger partial charge in [-0.05, 0) is 54.8 Å². The molecule has 0 N–H and O–H groups in total. The Balaban J connectivity index is 1.57. The van der Waals surface area contributed by atoms with Gasteiger partial charge in [-0.25, -0.2) is 13.2 Å². The summed E-state index contributed by atoms with van der Waals surface area (Å²) in [6.07, 6.45) is 1.37.